The van der Waals surface area contributed by atoms with Crippen LogP contribution in [-0.4, -0.2) is 66.6 Å². The first-order valence-corrected chi connectivity index (χ1v) is 11.2. The van der Waals surface area contributed by atoms with E-state index in [4.69, 9.17) is 0 Å². The van der Waals surface area contributed by atoms with Crippen LogP contribution in [0.25, 0.3) is 0 Å². The molecule has 0 saturated carbocycles. The molecule has 1 saturated heterocycles. The molecular weight excluding hydrogens is 396 g/mol. The number of carbonyl (C=O) groups is 2. The maximum Gasteiger partial charge on any atom is 0.261 e. The van der Waals surface area contributed by atoms with Gasteiger partial charge in [-0.1, -0.05) is 30.3 Å². The van der Waals surface area contributed by atoms with Gasteiger partial charge in [-0.25, -0.2) is 0 Å². The standard InChI is InChI=1S/C23H26N4O2S/c1-24-23(26-13-11-17(15-26)16-30-18-7-3-2-4-8-18)25-12-14-27-21(28)19-9-5-6-10-20(19)22(27)29/h2-10,17H,11-16H2,1H3,(H,24,25). The lowest BCUT2D eigenvalue weighted by Crippen LogP contribution is -2.44. The van der Waals surface area contributed by atoms with Crippen LogP contribution in [0.2, 0.25) is 0 Å². The third-order valence-electron chi connectivity index (χ3n) is 5.52. The highest BCUT2D eigenvalue weighted by atomic mass is 32.2. The zero-order valence-corrected chi connectivity index (χ0v) is 17.9. The average Bonchev–Trinajstić information content (AvgIpc) is 3.35. The molecule has 2 aromatic rings. The van der Waals surface area contributed by atoms with Gasteiger partial charge >= 0.3 is 0 Å². The minimum atomic E-state index is -0.216. The Morgan fingerprint density at radius 3 is 2.40 bits per heavy atom. The number of hydrogen-bond donors (Lipinski definition) is 1. The molecule has 0 aliphatic carbocycles. The highest BCUT2D eigenvalue weighted by Crippen LogP contribution is 2.26. The van der Waals surface area contributed by atoms with Crippen molar-refractivity contribution in [2.75, 3.05) is 39.0 Å². The fraction of sp³-hybridized carbons (Fsp3) is 0.348. The molecule has 0 spiro atoms. The lowest BCUT2D eigenvalue weighted by atomic mass is 10.1. The number of carbonyl (C=O) groups excluding carboxylic acids is 2. The monoisotopic (exact) mass is 422 g/mol. The van der Waals surface area contributed by atoms with Crippen LogP contribution in [0.1, 0.15) is 27.1 Å². The summed E-state index contributed by atoms with van der Waals surface area (Å²) in [5.74, 6) is 2.11. The molecule has 2 aliphatic heterocycles. The Balaban J connectivity index is 1.25. The molecule has 2 amide bonds. The molecular formula is C23H26N4O2S. The van der Waals surface area contributed by atoms with Crippen molar-refractivity contribution in [2.24, 2.45) is 10.9 Å². The maximum absolute atomic E-state index is 12.5. The molecule has 1 N–H and O–H groups in total. The number of fused-ring (bicyclic) bond motifs is 1. The fourth-order valence-electron chi connectivity index (χ4n) is 3.95. The minimum Gasteiger partial charge on any atom is -0.354 e. The molecule has 1 fully saturated rings. The van der Waals surface area contributed by atoms with Crippen molar-refractivity contribution in [1.82, 2.24) is 15.1 Å². The van der Waals surface area contributed by atoms with E-state index >= 15 is 0 Å². The number of imide groups is 1. The van der Waals surface area contributed by atoms with E-state index in [2.05, 4.69) is 39.5 Å². The van der Waals surface area contributed by atoms with Gasteiger partial charge in [0.25, 0.3) is 11.8 Å². The Morgan fingerprint density at radius 1 is 1.07 bits per heavy atom. The Morgan fingerprint density at radius 2 is 1.73 bits per heavy atom. The number of nitrogens with one attached hydrogen (secondary N) is 1. The van der Waals surface area contributed by atoms with Gasteiger partial charge in [-0.3, -0.25) is 19.5 Å². The maximum atomic E-state index is 12.5. The van der Waals surface area contributed by atoms with Crippen LogP contribution >= 0.6 is 11.8 Å². The van der Waals surface area contributed by atoms with Gasteiger partial charge in [-0.05, 0) is 36.6 Å². The predicted octanol–water partition coefficient (Wildman–Crippen LogP) is 2.97. The molecule has 0 aromatic heterocycles. The molecule has 2 aromatic carbocycles. The Hall–Kier alpha value is -2.80. The van der Waals surface area contributed by atoms with Crippen molar-refractivity contribution >= 4 is 29.5 Å². The molecule has 2 heterocycles. The molecule has 0 bridgehead atoms. The van der Waals surface area contributed by atoms with Gasteiger partial charge in [0.1, 0.15) is 0 Å². The number of nitrogens with zero attached hydrogens (tertiary/aromatic N) is 3. The van der Waals surface area contributed by atoms with Crippen LogP contribution in [0.4, 0.5) is 0 Å². The van der Waals surface area contributed by atoms with E-state index < -0.39 is 0 Å². The number of rotatable bonds is 6. The average molecular weight is 423 g/mol. The van der Waals surface area contributed by atoms with Crippen LogP contribution in [-0.2, 0) is 0 Å². The second kappa shape index (κ2) is 9.34. The Kier molecular flexibility index (Phi) is 6.38. The molecule has 30 heavy (non-hydrogen) atoms. The van der Waals surface area contributed by atoms with E-state index in [0.29, 0.717) is 30.1 Å². The summed E-state index contributed by atoms with van der Waals surface area (Å²) in [5.41, 5.74) is 0.982. The van der Waals surface area contributed by atoms with Crippen molar-refractivity contribution in [3.05, 3.63) is 65.7 Å². The van der Waals surface area contributed by atoms with E-state index in [1.807, 2.05) is 17.8 Å². The summed E-state index contributed by atoms with van der Waals surface area (Å²) in [5, 5.41) is 3.32. The van der Waals surface area contributed by atoms with Crippen LogP contribution in [0, 0.1) is 5.92 Å². The first-order valence-electron chi connectivity index (χ1n) is 10.3. The molecule has 1 unspecified atom stereocenters. The van der Waals surface area contributed by atoms with E-state index in [0.717, 1.165) is 31.2 Å². The molecule has 6 nitrogen and oxygen atoms in total. The lowest BCUT2D eigenvalue weighted by molar-refractivity contribution is 0.0657. The largest absolute Gasteiger partial charge is 0.354 e. The van der Waals surface area contributed by atoms with E-state index in [-0.39, 0.29) is 11.8 Å². The third kappa shape index (κ3) is 4.36. The summed E-state index contributed by atoms with van der Waals surface area (Å²) in [6.45, 7) is 2.74. The van der Waals surface area contributed by atoms with E-state index in [1.165, 1.54) is 9.80 Å². The number of aliphatic imine (C=N–C) groups is 1. The zero-order valence-electron chi connectivity index (χ0n) is 17.1. The van der Waals surface area contributed by atoms with E-state index in [9.17, 15) is 9.59 Å². The zero-order chi connectivity index (χ0) is 20.9. The van der Waals surface area contributed by atoms with Crippen LogP contribution in [0.15, 0.2) is 64.5 Å². The number of thioether (sulfide) groups is 1. The Bertz CT molecular complexity index is 912. The summed E-state index contributed by atoms with van der Waals surface area (Å²) < 4.78 is 0. The van der Waals surface area contributed by atoms with Crippen molar-refractivity contribution < 1.29 is 9.59 Å². The minimum absolute atomic E-state index is 0.216. The number of likely N-dealkylation sites (tertiary alicyclic amines) is 1. The molecule has 4 rings (SSSR count). The second-order valence-electron chi connectivity index (χ2n) is 7.51. The smallest absolute Gasteiger partial charge is 0.261 e. The van der Waals surface area contributed by atoms with Crippen molar-refractivity contribution in [3.63, 3.8) is 0 Å². The number of amides is 2. The van der Waals surface area contributed by atoms with Gasteiger partial charge in [-0.2, -0.15) is 0 Å². The molecule has 1 atom stereocenters. The number of guanidine groups is 1. The van der Waals surface area contributed by atoms with Gasteiger partial charge < -0.3 is 10.2 Å². The first-order chi connectivity index (χ1) is 14.7. The van der Waals surface area contributed by atoms with Crippen LogP contribution in [0.3, 0.4) is 0 Å². The lowest BCUT2D eigenvalue weighted by Gasteiger charge is -2.23. The highest BCUT2D eigenvalue weighted by Gasteiger charge is 2.34. The summed E-state index contributed by atoms with van der Waals surface area (Å²) >= 11 is 1.90. The second-order valence-corrected chi connectivity index (χ2v) is 8.60. The number of benzene rings is 2. The van der Waals surface area contributed by atoms with Crippen molar-refractivity contribution in [1.29, 1.82) is 0 Å². The van der Waals surface area contributed by atoms with E-state index in [1.54, 1.807) is 31.3 Å². The van der Waals surface area contributed by atoms with Gasteiger partial charge in [0.15, 0.2) is 5.96 Å². The van der Waals surface area contributed by atoms with Gasteiger partial charge in [0.2, 0.25) is 0 Å². The van der Waals surface area contributed by atoms with Gasteiger partial charge in [0.05, 0.1) is 11.1 Å². The van der Waals surface area contributed by atoms with Crippen molar-refractivity contribution in [3.8, 4) is 0 Å². The Labute approximate surface area is 181 Å². The summed E-state index contributed by atoms with van der Waals surface area (Å²) in [4.78, 5) is 34.2. The molecule has 156 valence electrons. The van der Waals surface area contributed by atoms with Gasteiger partial charge in [0, 0.05) is 43.9 Å². The topological polar surface area (TPSA) is 65.0 Å². The molecule has 0 radical (unpaired) electrons. The summed E-state index contributed by atoms with van der Waals surface area (Å²) in [6.07, 6.45) is 1.14. The van der Waals surface area contributed by atoms with Crippen molar-refractivity contribution in [2.45, 2.75) is 11.3 Å². The van der Waals surface area contributed by atoms with Crippen LogP contribution < -0.4 is 5.32 Å². The summed E-state index contributed by atoms with van der Waals surface area (Å²) in [6, 6.07) is 17.5. The predicted molar refractivity (Wildman–Crippen MR) is 120 cm³/mol. The third-order valence-corrected chi connectivity index (χ3v) is 6.77. The van der Waals surface area contributed by atoms with Crippen LogP contribution in [0.5, 0.6) is 0 Å². The highest BCUT2D eigenvalue weighted by molar-refractivity contribution is 7.99. The quantitative estimate of drug-likeness (QED) is 0.336. The van der Waals surface area contributed by atoms with Gasteiger partial charge in [-0.15, -0.1) is 11.8 Å². The molecule has 7 heteroatoms. The normalized spacial score (nSPS) is 18.8. The fourth-order valence-corrected chi connectivity index (χ4v) is 5.00. The SMILES string of the molecule is CN=C(NCCN1C(=O)c2ccccc2C1=O)N1CCC(CSc2ccccc2)C1. The summed E-state index contributed by atoms with van der Waals surface area (Å²) in [7, 11) is 1.77. The molecule has 2 aliphatic rings. The first kappa shape index (κ1) is 20.5. The number of hydrogen-bond acceptors (Lipinski definition) is 4.